The molecule has 2 amide bonds. The van der Waals surface area contributed by atoms with Crippen LogP contribution in [-0.4, -0.2) is 48.7 Å². The molecule has 0 aliphatic carbocycles. The molecule has 0 radical (unpaired) electrons. The number of sulfonamides is 1. The number of pyridine rings is 1. The van der Waals surface area contributed by atoms with Crippen molar-refractivity contribution in [3.8, 4) is 0 Å². The summed E-state index contributed by atoms with van der Waals surface area (Å²) in [4.78, 5) is 28.1. The maximum Gasteiger partial charge on any atom is 0.309 e. The zero-order valence-electron chi connectivity index (χ0n) is 17.0. The van der Waals surface area contributed by atoms with Crippen molar-refractivity contribution < 1.29 is 18.0 Å². The molecule has 1 atom stereocenters. The van der Waals surface area contributed by atoms with Gasteiger partial charge in [0.05, 0.1) is 4.90 Å². The predicted octanol–water partition coefficient (Wildman–Crippen LogP) is 2.10. The van der Waals surface area contributed by atoms with E-state index in [1.54, 1.807) is 36.7 Å². The normalized spacial score (nSPS) is 17.1. The van der Waals surface area contributed by atoms with Crippen LogP contribution in [0.25, 0.3) is 0 Å². The number of hydrogen-bond acceptors (Lipinski definition) is 5. The van der Waals surface area contributed by atoms with E-state index in [9.17, 15) is 18.0 Å². The molecule has 2 aromatic rings. The van der Waals surface area contributed by atoms with E-state index >= 15 is 0 Å². The number of rotatable bonds is 7. The standard InChI is InChI=1S/C21H25ClN4O4S/c22-17-4-6-19(7-5-17)31(29,30)26-14-2-1-3-18(26)10-13-24-20(27)21(28)25-15-16-8-11-23-12-9-16/h4-9,11-12,18H,1-3,10,13-15H2,(H,24,27)(H,25,28)/t18-/m0/s1. The van der Waals surface area contributed by atoms with Crippen LogP contribution in [0.1, 0.15) is 31.2 Å². The molecule has 0 spiro atoms. The first-order valence-corrected chi connectivity index (χ1v) is 11.9. The average molecular weight is 465 g/mol. The van der Waals surface area contributed by atoms with Gasteiger partial charge in [-0.05, 0) is 61.2 Å². The van der Waals surface area contributed by atoms with Crippen molar-refractivity contribution in [2.75, 3.05) is 13.1 Å². The lowest BCUT2D eigenvalue weighted by molar-refractivity contribution is -0.139. The maximum atomic E-state index is 13.1. The van der Waals surface area contributed by atoms with Crippen LogP contribution in [0.5, 0.6) is 0 Å². The SMILES string of the molecule is O=C(NCC[C@@H]1CCCCN1S(=O)(=O)c1ccc(Cl)cc1)C(=O)NCc1ccncc1. The van der Waals surface area contributed by atoms with Crippen LogP contribution in [0.2, 0.25) is 5.02 Å². The van der Waals surface area contributed by atoms with Crippen LogP contribution in [-0.2, 0) is 26.2 Å². The number of benzene rings is 1. The summed E-state index contributed by atoms with van der Waals surface area (Å²) in [5, 5.41) is 5.60. The van der Waals surface area contributed by atoms with Crippen molar-refractivity contribution in [1.29, 1.82) is 0 Å². The van der Waals surface area contributed by atoms with E-state index in [2.05, 4.69) is 15.6 Å². The summed E-state index contributed by atoms with van der Waals surface area (Å²) in [7, 11) is -3.66. The molecule has 31 heavy (non-hydrogen) atoms. The molecule has 10 heteroatoms. The molecule has 2 N–H and O–H groups in total. The Balaban J connectivity index is 1.52. The molecule has 1 aromatic heterocycles. The van der Waals surface area contributed by atoms with E-state index in [4.69, 9.17) is 11.6 Å². The Hall–Kier alpha value is -2.49. The van der Waals surface area contributed by atoms with Gasteiger partial charge < -0.3 is 10.6 Å². The summed E-state index contributed by atoms with van der Waals surface area (Å²) in [5.74, 6) is -1.47. The Morgan fingerprint density at radius 3 is 2.42 bits per heavy atom. The monoisotopic (exact) mass is 464 g/mol. The first-order chi connectivity index (χ1) is 14.9. The van der Waals surface area contributed by atoms with Gasteiger partial charge in [-0.3, -0.25) is 14.6 Å². The van der Waals surface area contributed by atoms with Crippen LogP contribution in [0.15, 0.2) is 53.7 Å². The topological polar surface area (TPSA) is 108 Å². The number of halogens is 1. The molecule has 1 saturated heterocycles. The Morgan fingerprint density at radius 2 is 1.71 bits per heavy atom. The highest BCUT2D eigenvalue weighted by atomic mass is 35.5. The predicted molar refractivity (Wildman–Crippen MR) is 117 cm³/mol. The molecule has 8 nitrogen and oxygen atoms in total. The largest absolute Gasteiger partial charge is 0.348 e. The van der Waals surface area contributed by atoms with E-state index in [1.165, 1.54) is 16.4 Å². The third-order valence-corrected chi connectivity index (χ3v) is 7.38. The lowest BCUT2D eigenvalue weighted by Crippen LogP contribution is -2.46. The molecule has 0 saturated carbocycles. The Morgan fingerprint density at radius 1 is 1.03 bits per heavy atom. The number of carbonyl (C=O) groups excluding carboxylic acids is 2. The molecule has 3 rings (SSSR count). The Labute approximate surface area is 187 Å². The molecule has 2 heterocycles. The van der Waals surface area contributed by atoms with Gasteiger partial charge in [-0.25, -0.2) is 8.42 Å². The fourth-order valence-electron chi connectivity index (χ4n) is 3.52. The number of amides is 2. The highest BCUT2D eigenvalue weighted by Crippen LogP contribution is 2.27. The molecular weight excluding hydrogens is 440 g/mol. The van der Waals surface area contributed by atoms with Gasteiger partial charge in [-0.2, -0.15) is 4.31 Å². The smallest absolute Gasteiger partial charge is 0.309 e. The summed E-state index contributed by atoms with van der Waals surface area (Å²) in [6, 6.07) is 9.36. The van der Waals surface area contributed by atoms with Gasteiger partial charge in [0.1, 0.15) is 0 Å². The maximum absolute atomic E-state index is 13.1. The van der Waals surface area contributed by atoms with Crippen molar-refractivity contribution in [2.45, 2.75) is 43.2 Å². The second kappa shape index (κ2) is 10.7. The fraction of sp³-hybridized carbons (Fsp3) is 0.381. The van der Waals surface area contributed by atoms with Crippen molar-refractivity contribution in [3.63, 3.8) is 0 Å². The number of carbonyl (C=O) groups is 2. The first kappa shape index (κ1) is 23.2. The fourth-order valence-corrected chi connectivity index (χ4v) is 5.37. The highest BCUT2D eigenvalue weighted by molar-refractivity contribution is 7.89. The zero-order chi connectivity index (χ0) is 22.3. The van der Waals surface area contributed by atoms with Crippen molar-refractivity contribution >= 4 is 33.4 Å². The van der Waals surface area contributed by atoms with Gasteiger partial charge in [-0.15, -0.1) is 0 Å². The lowest BCUT2D eigenvalue weighted by atomic mass is 10.0. The van der Waals surface area contributed by atoms with Gasteiger partial charge >= 0.3 is 11.8 Å². The molecule has 0 bridgehead atoms. The summed E-state index contributed by atoms with van der Waals surface area (Å²) in [6.45, 7) is 0.860. The molecule has 1 aliphatic rings. The number of piperidine rings is 1. The number of aromatic nitrogens is 1. The molecule has 1 aromatic carbocycles. The average Bonchev–Trinajstić information content (AvgIpc) is 2.78. The van der Waals surface area contributed by atoms with E-state index in [1.807, 2.05) is 0 Å². The van der Waals surface area contributed by atoms with Crippen molar-refractivity contribution in [2.24, 2.45) is 0 Å². The Bertz CT molecular complexity index is 1000. The van der Waals surface area contributed by atoms with Crippen LogP contribution >= 0.6 is 11.6 Å². The third kappa shape index (κ3) is 6.25. The van der Waals surface area contributed by atoms with Crippen molar-refractivity contribution in [1.82, 2.24) is 19.9 Å². The van der Waals surface area contributed by atoms with Gasteiger partial charge in [0.25, 0.3) is 0 Å². The van der Waals surface area contributed by atoms with Gasteiger partial charge in [0.15, 0.2) is 0 Å². The second-order valence-electron chi connectivity index (χ2n) is 7.30. The minimum atomic E-state index is -3.66. The second-order valence-corrected chi connectivity index (χ2v) is 9.63. The van der Waals surface area contributed by atoms with E-state index < -0.39 is 21.8 Å². The molecule has 166 valence electrons. The summed E-state index contributed by atoms with van der Waals surface area (Å²) >= 11 is 5.87. The molecular formula is C21H25ClN4O4S. The molecule has 1 fully saturated rings. The van der Waals surface area contributed by atoms with Crippen LogP contribution < -0.4 is 10.6 Å². The zero-order valence-corrected chi connectivity index (χ0v) is 18.5. The van der Waals surface area contributed by atoms with Crippen molar-refractivity contribution in [3.05, 3.63) is 59.4 Å². The van der Waals surface area contributed by atoms with Gasteiger partial charge in [0, 0.05) is 43.1 Å². The summed E-state index contributed by atoms with van der Waals surface area (Å²) < 4.78 is 27.6. The van der Waals surface area contributed by atoms with E-state index in [0.29, 0.717) is 24.4 Å². The first-order valence-electron chi connectivity index (χ1n) is 10.1. The number of hydrogen-bond donors (Lipinski definition) is 2. The minimum absolute atomic E-state index is 0.198. The van der Waals surface area contributed by atoms with Crippen LogP contribution in [0.3, 0.4) is 0 Å². The van der Waals surface area contributed by atoms with E-state index in [-0.39, 0.29) is 24.0 Å². The quantitative estimate of drug-likeness (QED) is 0.610. The minimum Gasteiger partial charge on any atom is -0.348 e. The van der Waals surface area contributed by atoms with Gasteiger partial charge in [0.2, 0.25) is 10.0 Å². The lowest BCUT2D eigenvalue weighted by Gasteiger charge is -2.34. The highest BCUT2D eigenvalue weighted by Gasteiger charge is 2.33. The third-order valence-electron chi connectivity index (χ3n) is 5.17. The molecule has 0 unspecified atom stereocenters. The summed E-state index contributed by atoms with van der Waals surface area (Å²) in [6.07, 6.45) is 6.04. The van der Waals surface area contributed by atoms with Gasteiger partial charge in [-0.1, -0.05) is 18.0 Å². The summed E-state index contributed by atoms with van der Waals surface area (Å²) in [5.41, 5.74) is 0.835. The Kier molecular flexibility index (Phi) is 8.00. The molecule has 1 aliphatic heterocycles. The number of nitrogens with zero attached hydrogens (tertiary/aromatic N) is 2. The van der Waals surface area contributed by atoms with Crippen LogP contribution in [0, 0.1) is 0 Å². The van der Waals surface area contributed by atoms with Crippen LogP contribution in [0.4, 0.5) is 0 Å². The number of nitrogens with one attached hydrogen (secondary N) is 2. The van der Waals surface area contributed by atoms with E-state index in [0.717, 1.165) is 18.4 Å².